The molecule has 0 aliphatic carbocycles. The SMILES string of the molecule is CCS(=O)(=O)CC(C)Nc1cc2c(cc1Cl)OCCO2. The van der Waals surface area contributed by atoms with Gasteiger partial charge in [-0.1, -0.05) is 18.5 Å². The highest BCUT2D eigenvalue weighted by atomic mass is 35.5. The number of hydrogen-bond acceptors (Lipinski definition) is 5. The molecule has 1 atom stereocenters. The van der Waals surface area contributed by atoms with Crippen molar-refractivity contribution in [2.45, 2.75) is 19.9 Å². The van der Waals surface area contributed by atoms with Crippen molar-refractivity contribution >= 4 is 27.1 Å². The fourth-order valence-corrected chi connectivity index (χ4v) is 3.27. The van der Waals surface area contributed by atoms with Crippen molar-refractivity contribution in [1.29, 1.82) is 0 Å². The maximum atomic E-state index is 11.6. The van der Waals surface area contributed by atoms with E-state index in [-0.39, 0.29) is 17.5 Å². The summed E-state index contributed by atoms with van der Waals surface area (Å²) < 4.78 is 34.1. The minimum absolute atomic E-state index is 0.0638. The summed E-state index contributed by atoms with van der Waals surface area (Å²) in [6.45, 7) is 4.44. The molecule has 1 heterocycles. The summed E-state index contributed by atoms with van der Waals surface area (Å²) in [7, 11) is -3.03. The molecule has 0 amide bonds. The largest absolute Gasteiger partial charge is 0.486 e. The van der Waals surface area contributed by atoms with Crippen molar-refractivity contribution in [3.8, 4) is 11.5 Å². The van der Waals surface area contributed by atoms with Crippen LogP contribution in [0.15, 0.2) is 12.1 Å². The molecule has 20 heavy (non-hydrogen) atoms. The first-order valence-electron chi connectivity index (χ1n) is 6.47. The van der Waals surface area contributed by atoms with E-state index >= 15 is 0 Å². The fourth-order valence-electron chi connectivity index (χ4n) is 1.98. The lowest BCUT2D eigenvalue weighted by molar-refractivity contribution is 0.171. The Bertz CT molecular complexity index is 588. The summed E-state index contributed by atoms with van der Waals surface area (Å²) >= 11 is 6.16. The van der Waals surface area contributed by atoms with Crippen LogP contribution in [0.4, 0.5) is 5.69 Å². The van der Waals surface area contributed by atoms with Crippen LogP contribution >= 0.6 is 11.6 Å². The Hall–Kier alpha value is -1.14. The van der Waals surface area contributed by atoms with Gasteiger partial charge in [-0.15, -0.1) is 0 Å². The van der Waals surface area contributed by atoms with Gasteiger partial charge in [0.25, 0.3) is 0 Å². The molecule has 5 nitrogen and oxygen atoms in total. The summed E-state index contributed by atoms with van der Waals surface area (Å²) in [6.07, 6.45) is 0. The van der Waals surface area contributed by atoms with Crippen LogP contribution in [-0.2, 0) is 9.84 Å². The number of fused-ring (bicyclic) bond motifs is 1. The zero-order valence-corrected chi connectivity index (χ0v) is 13.1. The molecule has 112 valence electrons. The first kappa shape index (κ1) is 15.3. The monoisotopic (exact) mass is 319 g/mol. The first-order chi connectivity index (χ1) is 9.41. The van der Waals surface area contributed by atoms with Crippen molar-refractivity contribution in [3.05, 3.63) is 17.2 Å². The molecule has 1 aliphatic heterocycles. The Kier molecular flexibility index (Phi) is 4.65. The standard InChI is InChI=1S/C13H18ClNO4S/c1-3-20(16,17)8-9(2)15-11-7-13-12(6-10(11)14)18-4-5-19-13/h6-7,9,15H,3-5,8H2,1-2H3. The number of benzene rings is 1. The van der Waals surface area contributed by atoms with Gasteiger partial charge >= 0.3 is 0 Å². The lowest BCUT2D eigenvalue weighted by Gasteiger charge is -2.22. The number of halogens is 1. The Morgan fingerprint density at radius 3 is 2.50 bits per heavy atom. The van der Waals surface area contributed by atoms with Gasteiger partial charge < -0.3 is 14.8 Å². The van der Waals surface area contributed by atoms with Crippen LogP contribution in [0.1, 0.15) is 13.8 Å². The van der Waals surface area contributed by atoms with Gasteiger partial charge in [0.1, 0.15) is 13.2 Å². The molecule has 0 saturated carbocycles. The second-order valence-corrected chi connectivity index (χ2v) is 7.53. The maximum Gasteiger partial charge on any atom is 0.163 e. The van der Waals surface area contributed by atoms with Crippen LogP contribution in [-0.4, -0.2) is 39.2 Å². The molecule has 0 spiro atoms. The molecule has 0 saturated heterocycles. The Morgan fingerprint density at radius 1 is 1.30 bits per heavy atom. The average molecular weight is 320 g/mol. The van der Waals surface area contributed by atoms with E-state index in [1.54, 1.807) is 26.0 Å². The second kappa shape index (κ2) is 6.10. The van der Waals surface area contributed by atoms with Crippen molar-refractivity contribution in [2.24, 2.45) is 0 Å². The normalized spacial score (nSPS) is 15.8. The van der Waals surface area contributed by atoms with Gasteiger partial charge in [-0.3, -0.25) is 0 Å². The quantitative estimate of drug-likeness (QED) is 0.902. The molecule has 0 fully saturated rings. The van der Waals surface area contributed by atoms with Gasteiger partial charge in [0, 0.05) is 23.9 Å². The molecule has 1 aromatic carbocycles. The molecular formula is C13H18ClNO4S. The molecule has 0 radical (unpaired) electrons. The predicted octanol–water partition coefficient (Wildman–Crippen LogP) is 2.35. The molecule has 2 rings (SSSR count). The number of rotatable bonds is 5. The summed E-state index contributed by atoms with van der Waals surface area (Å²) in [5.74, 6) is 1.43. The number of ether oxygens (including phenoxy) is 2. The molecule has 1 N–H and O–H groups in total. The van der Waals surface area contributed by atoms with Gasteiger partial charge in [-0.05, 0) is 6.92 Å². The second-order valence-electron chi connectivity index (χ2n) is 4.72. The van der Waals surface area contributed by atoms with Gasteiger partial charge in [0.15, 0.2) is 21.3 Å². The van der Waals surface area contributed by atoms with E-state index in [4.69, 9.17) is 21.1 Å². The van der Waals surface area contributed by atoms with Gasteiger partial charge in [-0.25, -0.2) is 8.42 Å². The van der Waals surface area contributed by atoms with Crippen molar-refractivity contribution < 1.29 is 17.9 Å². The molecule has 1 aliphatic rings. The summed E-state index contributed by atoms with van der Waals surface area (Å²) in [5.41, 5.74) is 0.648. The van der Waals surface area contributed by atoms with Crippen molar-refractivity contribution in [1.82, 2.24) is 0 Å². The fraction of sp³-hybridized carbons (Fsp3) is 0.538. The average Bonchev–Trinajstić information content (AvgIpc) is 2.39. The van der Waals surface area contributed by atoms with E-state index < -0.39 is 9.84 Å². The van der Waals surface area contributed by atoms with Crippen LogP contribution < -0.4 is 14.8 Å². The van der Waals surface area contributed by atoms with E-state index in [1.807, 2.05) is 0 Å². The van der Waals surface area contributed by atoms with Gasteiger partial charge in [-0.2, -0.15) is 0 Å². The highest BCUT2D eigenvalue weighted by Crippen LogP contribution is 2.38. The molecule has 1 unspecified atom stereocenters. The highest BCUT2D eigenvalue weighted by Gasteiger charge is 2.18. The highest BCUT2D eigenvalue weighted by molar-refractivity contribution is 7.91. The lowest BCUT2D eigenvalue weighted by Crippen LogP contribution is -2.27. The van der Waals surface area contributed by atoms with Crippen LogP contribution in [0.3, 0.4) is 0 Å². The Morgan fingerprint density at radius 2 is 1.90 bits per heavy atom. The summed E-state index contributed by atoms with van der Waals surface area (Å²) in [6, 6.07) is 3.19. The first-order valence-corrected chi connectivity index (χ1v) is 8.67. The van der Waals surface area contributed by atoms with Crippen LogP contribution in [0.25, 0.3) is 0 Å². The topological polar surface area (TPSA) is 64.6 Å². The smallest absolute Gasteiger partial charge is 0.163 e. The Balaban J connectivity index is 2.13. The van der Waals surface area contributed by atoms with E-state index in [1.165, 1.54) is 0 Å². The third-order valence-corrected chi connectivity index (χ3v) is 5.18. The minimum atomic E-state index is -3.03. The van der Waals surface area contributed by atoms with Gasteiger partial charge in [0.05, 0.1) is 16.5 Å². The van der Waals surface area contributed by atoms with Crippen molar-refractivity contribution in [3.63, 3.8) is 0 Å². The van der Waals surface area contributed by atoms with Crippen molar-refractivity contribution in [2.75, 3.05) is 30.0 Å². The third kappa shape index (κ3) is 3.70. The van der Waals surface area contributed by atoms with E-state index in [0.717, 1.165) is 0 Å². The number of anilines is 1. The zero-order chi connectivity index (χ0) is 14.8. The van der Waals surface area contributed by atoms with Crippen LogP contribution in [0.5, 0.6) is 11.5 Å². The summed E-state index contributed by atoms with van der Waals surface area (Å²) in [4.78, 5) is 0. The number of sulfone groups is 1. The molecule has 0 aromatic heterocycles. The van der Waals surface area contributed by atoms with Gasteiger partial charge in [0.2, 0.25) is 0 Å². The number of nitrogens with one attached hydrogen (secondary N) is 1. The molecular weight excluding hydrogens is 302 g/mol. The van der Waals surface area contributed by atoms with Crippen LogP contribution in [0.2, 0.25) is 5.02 Å². The zero-order valence-electron chi connectivity index (χ0n) is 11.5. The number of hydrogen-bond donors (Lipinski definition) is 1. The molecule has 7 heteroatoms. The predicted molar refractivity (Wildman–Crippen MR) is 79.9 cm³/mol. The van der Waals surface area contributed by atoms with Crippen LogP contribution in [0, 0.1) is 0 Å². The third-order valence-electron chi connectivity index (χ3n) is 2.98. The molecule has 1 aromatic rings. The Labute approximate surface area is 124 Å². The molecule has 0 bridgehead atoms. The van der Waals surface area contributed by atoms with E-state index in [2.05, 4.69) is 5.32 Å². The maximum absolute atomic E-state index is 11.6. The minimum Gasteiger partial charge on any atom is -0.486 e. The van der Waals surface area contributed by atoms with E-state index in [0.29, 0.717) is 35.4 Å². The lowest BCUT2D eigenvalue weighted by atomic mass is 10.2. The van der Waals surface area contributed by atoms with E-state index in [9.17, 15) is 8.42 Å². The summed E-state index contributed by atoms with van der Waals surface area (Å²) in [5, 5.41) is 3.59.